The minimum Gasteiger partial charge on any atom is -0.843 e. The number of aliphatic hydroxyl groups excluding tert-OH is 1. The molecule has 1 unspecified atom stereocenters. The average Bonchev–Trinajstić information content (AvgIpc) is 2.81. The van der Waals surface area contributed by atoms with Gasteiger partial charge >= 0.3 is 0 Å². The fraction of sp³-hybridized carbons (Fsp3) is 0.273. The van der Waals surface area contributed by atoms with Gasteiger partial charge in [-0.25, -0.2) is 13.8 Å². The van der Waals surface area contributed by atoms with E-state index in [1.54, 1.807) is 0 Å². The molecule has 1 aromatic heterocycles. The highest BCUT2D eigenvalue weighted by Gasteiger charge is 2.23. The molecule has 5 nitrogen and oxygen atoms in total. The second-order valence-electron chi connectivity index (χ2n) is 3.87. The summed E-state index contributed by atoms with van der Waals surface area (Å²) in [5.41, 5.74) is -2.44. The highest BCUT2D eigenvalue weighted by Crippen LogP contribution is 2.23. The Balaban J connectivity index is 2.36. The van der Waals surface area contributed by atoms with Crippen molar-refractivity contribution in [3.63, 3.8) is 0 Å². The first-order valence-corrected chi connectivity index (χ1v) is 5.14. The minimum atomic E-state index is -2.13. The van der Waals surface area contributed by atoms with Crippen molar-refractivity contribution in [3.8, 4) is 0 Å². The molecule has 2 aromatic rings. The Morgan fingerprint density at radius 3 is 2.72 bits per heavy atom. The van der Waals surface area contributed by atoms with Crippen molar-refractivity contribution in [3.05, 3.63) is 48.1 Å². The molecular weight excluding hydrogens is 244 g/mol. The smallest absolute Gasteiger partial charge is 0.137 e. The van der Waals surface area contributed by atoms with Crippen LogP contribution in [0.15, 0.2) is 30.9 Å². The Morgan fingerprint density at radius 1 is 1.39 bits per heavy atom. The normalized spacial score (nSPS) is 14.4. The van der Waals surface area contributed by atoms with Crippen LogP contribution in [0.3, 0.4) is 0 Å². The van der Waals surface area contributed by atoms with Gasteiger partial charge in [0, 0.05) is 19.2 Å². The monoisotopic (exact) mass is 254 g/mol. The van der Waals surface area contributed by atoms with Gasteiger partial charge in [-0.15, -0.1) is 0 Å². The van der Waals surface area contributed by atoms with Gasteiger partial charge in [-0.05, 0) is 17.2 Å². The SMILES string of the molecule is [O-]C(CO)(Cn1cncn1)c1ccc(F)cc1F. The molecule has 0 bridgehead atoms. The molecular formula is C11H10F2N3O2-. The van der Waals surface area contributed by atoms with E-state index >= 15 is 0 Å². The van der Waals surface area contributed by atoms with Crippen LogP contribution in [0.1, 0.15) is 5.56 Å². The average molecular weight is 254 g/mol. The number of rotatable bonds is 4. The summed E-state index contributed by atoms with van der Waals surface area (Å²) in [7, 11) is 0. The zero-order valence-electron chi connectivity index (χ0n) is 9.25. The van der Waals surface area contributed by atoms with Gasteiger partial charge in [-0.3, -0.25) is 4.68 Å². The molecule has 0 fully saturated rings. The van der Waals surface area contributed by atoms with E-state index in [0.717, 1.165) is 12.1 Å². The van der Waals surface area contributed by atoms with E-state index in [2.05, 4.69) is 10.1 Å². The van der Waals surface area contributed by atoms with Crippen molar-refractivity contribution in [1.82, 2.24) is 14.8 Å². The van der Waals surface area contributed by atoms with Crippen molar-refractivity contribution in [2.24, 2.45) is 0 Å². The van der Waals surface area contributed by atoms with Crippen LogP contribution in [0.25, 0.3) is 0 Å². The van der Waals surface area contributed by atoms with Gasteiger partial charge in [-0.2, -0.15) is 5.10 Å². The Hall–Kier alpha value is -1.86. The fourth-order valence-corrected chi connectivity index (χ4v) is 1.66. The molecule has 0 saturated heterocycles. The van der Waals surface area contributed by atoms with Gasteiger partial charge in [0.15, 0.2) is 0 Å². The standard InChI is InChI=1S/C11H10F2N3O2/c12-8-1-2-9(10(13)3-8)11(18,5-17)4-16-7-14-6-15-16/h1-3,6-7,17H,4-5H2/q-1. The number of hydrogen-bond acceptors (Lipinski definition) is 4. The Labute approximate surface area is 101 Å². The van der Waals surface area contributed by atoms with E-state index in [9.17, 15) is 19.0 Å². The third-order valence-electron chi connectivity index (χ3n) is 2.56. The number of nitrogens with zero attached hydrogens (tertiary/aromatic N) is 3. The van der Waals surface area contributed by atoms with Crippen molar-refractivity contribution in [2.75, 3.05) is 6.61 Å². The van der Waals surface area contributed by atoms with Gasteiger partial charge in [0.25, 0.3) is 0 Å². The molecule has 18 heavy (non-hydrogen) atoms. The molecule has 0 amide bonds. The van der Waals surface area contributed by atoms with Gasteiger partial charge in [0.2, 0.25) is 0 Å². The molecule has 0 saturated carbocycles. The minimum absolute atomic E-state index is 0.300. The first-order chi connectivity index (χ1) is 8.55. The number of halogens is 2. The quantitative estimate of drug-likeness (QED) is 0.820. The lowest BCUT2D eigenvalue weighted by Gasteiger charge is -2.39. The lowest BCUT2D eigenvalue weighted by atomic mass is 9.94. The molecule has 0 aliphatic rings. The molecule has 0 aliphatic carbocycles. The van der Waals surface area contributed by atoms with E-state index in [1.165, 1.54) is 17.3 Å². The fourth-order valence-electron chi connectivity index (χ4n) is 1.66. The predicted molar refractivity (Wildman–Crippen MR) is 55.1 cm³/mol. The molecule has 1 atom stereocenters. The molecule has 0 radical (unpaired) electrons. The van der Waals surface area contributed by atoms with Crippen LogP contribution in [0.5, 0.6) is 0 Å². The molecule has 1 N–H and O–H groups in total. The Morgan fingerprint density at radius 2 is 2.17 bits per heavy atom. The highest BCUT2D eigenvalue weighted by molar-refractivity contribution is 5.24. The van der Waals surface area contributed by atoms with Crippen LogP contribution >= 0.6 is 0 Å². The maximum Gasteiger partial charge on any atom is 0.137 e. The number of aromatic nitrogens is 3. The van der Waals surface area contributed by atoms with Crippen molar-refractivity contribution >= 4 is 0 Å². The number of hydrogen-bond donors (Lipinski definition) is 1. The largest absolute Gasteiger partial charge is 0.843 e. The zero-order chi connectivity index (χ0) is 13.2. The van der Waals surface area contributed by atoms with E-state index in [-0.39, 0.29) is 12.1 Å². The third-order valence-corrected chi connectivity index (χ3v) is 2.56. The summed E-state index contributed by atoms with van der Waals surface area (Å²) in [4.78, 5) is 3.65. The van der Waals surface area contributed by atoms with Crippen LogP contribution in [-0.4, -0.2) is 26.5 Å². The Kier molecular flexibility index (Phi) is 3.35. The molecule has 7 heteroatoms. The van der Waals surface area contributed by atoms with Gasteiger partial charge < -0.3 is 10.2 Å². The summed E-state index contributed by atoms with van der Waals surface area (Å²) in [6, 6.07) is 2.62. The molecule has 2 rings (SSSR count). The molecule has 1 aromatic carbocycles. The molecule has 0 spiro atoms. The van der Waals surface area contributed by atoms with E-state index in [0.29, 0.717) is 6.07 Å². The van der Waals surface area contributed by atoms with E-state index in [1.807, 2.05) is 0 Å². The van der Waals surface area contributed by atoms with Crippen LogP contribution in [0, 0.1) is 11.6 Å². The number of benzene rings is 1. The Bertz CT molecular complexity index is 533. The summed E-state index contributed by atoms with van der Waals surface area (Å²) in [5.74, 6) is -1.77. The molecule has 96 valence electrons. The lowest BCUT2D eigenvalue weighted by molar-refractivity contribution is -0.498. The summed E-state index contributed by atoms with van der Waals surface area (Å²) in [6.45, 7) is -1.14. The van der Waals surface area contributed by atoms with Gasteiger partial charge in [-0.1, -0.05) is 6.07 Å². The van der Waals surface area contributed by atoms with Crippen LogP contribution in [0.2, 0.25) is 0 Å². The first-order valence-electron chi connectivity index (χ1n) is 5.14. The second-order valence-corrected chi connectivity index (χ2v) is 3.87. The van der Waals surface area contributed by atoms with Gasteiger partial charge in [0.05, 0.1) is 0 Å². The van der Waals surface area contributed by atoms with Crippen LogP contribution < -0.4 is 5.11 Å². The first kappa shape index (κ1) is 12.6. The van der Waals surface area contributed by atoms with Crippen LogP contribution in [-0.2, 0) is 12.1 Å². The summed E-state index contributed by atoms with van der Waals surface area (Å²) in [6.07, 6.45) is 2.50. The predicted octanol–water partition coefficient (Wildman–Crippen LogP) is -0.196. The molecule has 0 aliphatic heterocycles. The lowest BCUT2D eigenvalue weighted by Crippen LogP contribution is -2.48. The maximum absolute atomic E-state index is 13.6. The van der Waals surface area contributed by atoms with Crippen molar-refractivity contribution in [2.45, 2.75) is 12.1 Å². The topological polar surface area (TPSA) is 74.0 Å². The zero-order valence-corrected chi connectivity index (χ0v) is 9.25. The second kappa shape index (κ2) is 4.79. The summed E-state index contributed by atoms with van der Waals surface area (Å²) < 4.78 is 27.5. The molecule has 1 heterocycles. The van der Waals surface area contributed by atoms with E-state index < -0.39 is 23.8 Å². The van der Waals surface area contributed by atoms with Gasteiger partial charge in [0.1, 0.15) is 24.3 Å². The van der Waals surface area contributed by atoms with E-state index in [4.69, 9.17) is 0 Å². The third kappa shape index (κ3) is 2.36. The van der Waals surface area contributed by atoms with Crippen molar-refractivity contribution in [1.29, 1.82) is 0 Å². The summed E-state index contributed by atoms with van der Waals surface area (Å²) >= 11 is 0. The highest BCUT2D eigenvalue weighted by atomic mass is 19.1. The number of aliphatic hydroxyl groups is 1. The van der Waals surface area contributed by atoms with Crippen molar-refractivity contribution < 1.29 is 19.0 Å². The van der Waals surface area contributed by atoms with Crippen LogP contribution in [0.4, 0.5) is 8.78 Å². The maximum atomic E-state index is 13.6. The summed E-state index contributed by atoms with van der Waals surface area (Å²) in [5, 5.41) is 25.3.